The molecule has 1 heterocycles. The van der Waals surface area contributed by atoms with Gasteiger partial charge in [0.05, 0.1) is 17.6 Å². The number of thiocarbonyl (C=S) groups is 1. The van der Waals surface area contributed by atoms with Gasteiger partial charge in [0.15, 0.2) is 5.69 Å². The third kappa shape index (κ3) is 4.19. The van der Waals surface area contributed by atoms with Crippen LogP contribution in [-0.4, -0.2) is 21.9 Å². The van der Waals surface area contributed by atoms with Crippen LogP contribution in [-0.2, 0) is 6.54 Å². The molecule has 3 aromatic rings. The lowest BCUT2D eigenvalue weighted by molar-refractivity contribution is 0.415. The van der Waals surface area contributed by atoms with Crippen LogP contribution in [0.5, 0.6) is 11.6 Å². The number of nitrogens with one attached hydrogen (secondary N) is 1. The van der Waals surface area contributed by atoms with E-state index < -0.39 is 0 Å². The second-order valence-electron chi connectivity index (χ2n) is 5.71. The van der Waals surface area contributed by atoms with E-state index in [2.05, 4.69) is 38.1 Å². The Bertz CT molecular complexity index is 1100. The van der Waals surface area contributed by atoms with E-state index in [0.29, 0.717) is 28.7 Å². The summed E-state index contributed by atoms with van der Waals surface area (Å²) in [6.45, 7) is 4.16. The van der Waals surface area contributed by atoms with E-state index >= 15 is 0 Å². The van der Waals surface area contributed by atoms with Crippen LogP contribution in [0.25, 0.3) is 10.9 Å². The van der Waals surface area contributed by atoms with E-state index in [4.69, 9.17) is 28.6 Å². The summed E-state index contributed by atoms with van der Waals surface area (Å²) in [5.74, 6) is 0.553. The summed E-state index contributed by atoms with van der Waals surface area (Å²) >= 11 is 14.8. The normalized spacial score (nSPS) is 11.1. The minimum absolute atomic E-state index is 0.00737. The molecule has 2 aromatic carbocycles. The van der Waals surface area contributed by atoms with Gasteiger partial charge >= 0.3 is 0 Å². The molecule has 0 aliphatic carbocycles. The molecule has 0 unspecified atom stereocenters. The average molecular weight is 480 g/mol. The first kappa shape index (κ1) is 20.3. The standard InChI is InChI=1S/C19H16BrClN4O2S/c1-3-8-25-15-6-4-11(20)9-13(15)17(18(25)26)23-24-19(28)22-12-5-7-16(27-2)14(21)10-12/h3-7,9-10,26H,1,8H2,2H3,(H,22,28). The molecule has 0 bridgehead atoms. The predicted octanol–water partition coefficient (Wildman–Crippen LogP) is 6.44. The lowest BCUT2D eigenvalue weighted by Crippen LogP contribution is -2.04. The number of rotatable bonds is 5. The number of hydrogen-bond donors (Lipinski definition) is 2. The molecule has 28 heavy (non-hydrogen) atoms. The number of ether oxygens (including phenoxy) is 1. The van der Waals surface area contributed by atoms with Gasteiger partial charge in [-0.3, -0.25) is 0 Å². The van der Waals surface area contributed by atoms with Gasteiger partial charge in [0.25, 0.3) is 0 Å². The summed E-state index contributed by atoms with van der Waals surface area (Å²) in [6.07, 6.45) is 1.70. The van der Waals surface area contributed by atoms with E-state index in [-0.39, 0.29) is 11.0 Å². The second-order valence-corrected chi connectivity index (χ2v) is 7.42. The van der Waals surface area contributed by atoms with Crippen LogP contribution in [0.1, 0.15) is 0 Å². The molecule has 0 atom stereocenters. The molecule has 0 saturated carbocycles. The van der Waals surface area contributed by atoms with E-state index in [1.807, 2.05) is 18.2 Å². The van der Waals surface area contributed by atoms with Crippen molar-refractivity contribution in [3.8, 4) is 11.6 Å². The highest BCUT2D eigenvalue weighted by Crippen LogP contribution is 2.40. The maximum absolute atomic E-state index is 10.6. The summed E-state index contributed by atoms with van der Waals surface area (Å²) in [5.41, 5.74) is 1.79. The number of azo groups is 1. The van der Waals surface area contributed by atoms with Crippen molar-refractivity contribution in [1.29, 1.82) is 0 Å². The Morgan fingerprint density at radius 2 is 2.18 bits per heavy atom. The van der Waals surface area contributed by atoms with Gasteiger partial charge < -0.3 is 19.7 Å². The Morgan fingerprint density at radius 3 is 2.86 bits per heavy atom. The largest absolute Gasteiger partial charge is 0.495 e. The lowest BCUT2D eigenvalue weighted by Gasteiger charge is -2.06. The monoisotopic (exact) mass is 478 g/mol. The van der Waals surface area contributed by atoms with Gasteiger partial charge in [0.1, 0.15) is 5.75 Å². The molecule has 0 radical (unpaired) electrons. The summed E-state index contributed by atoms with van der Waals surface area (Å²) in [7, 11) is 1.54. The Labute approximate surface area is 180 Å². The fraction of sp³-hybridized carbons (Fsp3) is 0.105. The first-order chi connectivity index (χ1) is 13.4. The minimum atomic E-state index is -0.00737. The number of anilines is 1. The third-order valence-electron chi connectivity index (χ3n) is 3.93. The van der Waals surface area contributed by atoms with Gasteiger partial charge in [-0.2, -0.15) is 0 Å². The Kier molecular flexibility index (Phi) is 6.33. The first-order valence-corrected chi connectivity index (χ1v) is 9.70. The number of aromatic nitrogens is 1. The number of aromatic hydroxyl groups is 1. The van der Waals surface area contributed by atoms with Crippen molar-refractivity contribution in [3.63, 3.8) is 0 Å². The van der Waals surface area contributed by atoms with E-state index in [0.717, 1.165) is 15.4 Å². The zero-order chi connectivity index (χ0) is 20.3. The second kappa shape index (κ2) is 8.72. The molecular formula is C19H16BrClN4O2S. The van der Waals surface area contributed by atoms with E-state index in [1.54, 1.807) is 36.0 Å². The molecule has 0 aliphatic rings. The van der Waals surface area contributed by atoms with Crippen LogP contribution < -0.4 is 10.1 Å². The highest BCUT2D eigenvalue weighted by Gasteiger charge is 2.16. The molecule has 0 aliphatic heterocycles. The molecule has 2 N–H and O–H groups in total. The molecule has 0 amide bonds. The Morgan fingerprint density at radius 1 is 1.39 bits per heavy atom. The fourth-order valence-electron chi connectivity index (χ4n) is 2.70. The number of benzene rings is 2. The Balaban J connectivity index is 1.89. The van der Waals surface area contributed by atoms with Crippen molar-refractivity contribution in [2.75, 3.05) is 12.4 Å². The summed E-state index contributed by atoms with van der Waals surface area (Å²) in [5, 5.41) is 23.0. The van der Waals surface area contributed by atoms with Crippen LogP contribution in [0, 0.1) is 0 Å². The predicted molar refractivity (Wildman–Crippen MR) is 120 cm³/mol. The van der Waals surface area contributed by atoms with E-state index in [1.165, 1.54) is 0 Å². The highest BCUT2D eigenvalue weighted by molar-refractivity contribution is 9.10. The van der Waals surface area contributed by atoms with E-state index in [9.17, 15) is 5.11 Å². The van der Waals surface area contributed by atoms with Crippen molar-refractivity contribution < 1.29 is 9.84 Å². The molecule has 1 aromatic heterocycles. The maximum Gasteiger partial charge on any atom is 0.221 e. The van der Waals surface area contributed by atoms with Crippen molar-refractivity contribution in [3.05, 3.63) is 58.5 Å². The summed E-state index contributed by atoms with van der Waals surface area (Å²) < 4.78 is 7.68. The molecule has 0 fully saturated rings. The van der Waals surface area contributed by atoms with Gasteiger partial charge in [0, 0.05) is 22.1 Å². The van der Waals surface area contributed by atoms with Gasteiger partial charge in [-0.05, 0) is 48.6 Å². The zero-order valence-corrected chi connectivity index (χ0v) is 18.0. The van der Waals surface area contributed by atoms with Gasteiger partial charge in [0.2, 0.25) is 11.0 Å². The van der Waals surface area contributed by atoms with Crippen molar-refractivity contribution in [2.45, 2.75) is 6.54 Å². The fourth-order valence-corrected chi connectivity index (χ4v) is 3.47. The number of halogens is 2. The lowest BCUT2D eigenvalue weighted by atomic mass is 10.2. The molecular weight excluding hydrogens is 464 g/mol. The number of nitrogens with zero attached hydrogens (tertiary/aromatic N) is 3. The Hall–Kier alpha value is -2.42. The molecule has 9 heteroatoms. The SMILES string of the molecule is C=CCn1c(O)c(N=NC(=S)Nc2ccc(OC)c(Cl)c2)c2cc(Br)ccc21. The number of methoxy groups -OCH3 is 1. The molecule has 0 spiro atoms. The quantitative estimate of drug-likeness (QED) is 0.251. The molecule has 6 nitrogen and oxygen atoms in total. The van der Waals surface area contributed by atoms with Crippen molar-refractivity contribution in [2.24, 2.45) is 10.2 Å². The summed E-state index contributed by atoms with van der Waals surface area (Å²) in [6, 6.07) is 10.8. The van der Waals surface area contributed by atoms with Gasteiger partial charge in [-0.1, -0.05) is 33.6 Å². The van der Waals surface area contributed by atoms with Crippen LogP contribution in [0.15, 0.2) is 63.8 Å². The minimum Gasteiger partial charge on any atom is -0.495 e. The highest BCUT2D eigenvalue weighted by atomic mass is 79.9. The zero-order valence-electron chi connectivity index (χ0n) is 14.8. The molecule has 144 valence electrons. The molecule has 0 saturated heterocycles. The first-order valence-electron chi connectivity index (χ1n) is 8.12. The number of fused-ring (bicyclic) bond motifs is 1. The van der Waals surface area contributed by atoms with Crippen LogP contribution >= 0.6 is 39.7 Å². The smallest absolute Gasteiger partial charge is 0.221 e. The van der Waals surface area contributed by atoms with Gasteiger partial charge in [-0.15, -0.1) is 16.8 Å². The summed E-state index contributed by atoms with van der Waals surface area (Å²) in [4.78, 5) is 0. The molecule has 3 rings (SSSR count). The average Bonchev–Trinajstić information content (AvgIpc) is 2.91. The van der Waals surface area contributed by atoms with Gasteiger partial charge in [-0.25, -0.2) is 0 Å². The van der Waals surface area contributed by atoms with Crippen LogP contribution in [0.4, 0.5) is 11.4 Å². The third-order valence-corrected chi connectivity index (χ3v) is 4.90. The maximum atomic E-state index is 10.6. The number of allylic oxidation sites excluding steroid dienone is 1. The van der Waals surface area contributed by atoms with Crippen LogP contribution in [0.3, 0.4) is 0 Å². The number of hydrogen-bond acceptors (Lipinski definition) is 4. The van der Waals surface area contributed by atoms with Crippen molar-refractivity contribution in [1.82, 2.24) is 4.57 Å². The van der Waals surface area contributed by atoms with Crippen molar-refractivity contribution >= 4 is 67.1 Å². The van der Waals surface area contributed by atoms with Crippen LogP contribution in [0.2, 0.25) is 5.02 Å². The topological polar surface area (TPSA) is 71.1 Å².